The Kier molecular flexibility index (Phi) is 3.95. The van der Waals surface area contributed by atoms with Crippen molar-refractivity contribution in [3.05, 3.63) is 0 Å². The number of hydrogen-bond donors (Lipinski definition) is 2. The lowest BCUT2D eigenvalue weighted by Gasteiger charge is -2.35. The third kappa shape index (κ3) is 2.55. The molecule has 20 heavy (non-hydrogen) atoms. The standard InChI is InChI=1S/C14H22N2O3S/c15-10-4-2-1-3-9(10)12(17)16-11(14(18)19)7-20-13(16)8-5-6-8/h8-11,13H,1-7,15H2,(H,18,19). The Bertz CT molecular complexity index is 413. The summed E-state index contributed by atoms with van der Waals surface area (Å²) in [6.45, 7) is 0. The molecule has 1 saturated heterocycles. The first-order valence-corrected chi connectivity index (χ1v) is 8.56. The van der Waals surface area contributed by atoms with Crippen LogP contribution in [0.25, 0.3) is 0 Å². The number of rotatable bonds is 3. The maximum Gasteiger partial charge on any atom is 0.327 e. The number of aliphatic carboxylic acids is 1. The van der Waals surface area contributed by atoms with E-state index in [-0.39, 0.29) is 23.2 Å². The average molecular weight is 298 g/mol. The smallest absolute Gasteiger partial charge is 0.327 e. The van der Waals surface area contributed by atoms with E-state index in [4.69, 9.17) is 5.73 Å². The Labute approximate surface area is 123 Å². The van der Waals surface area contributed by atoms with Crippen molar-refractivity contribution < 1.29 is 14.7 Å². The Morgan fingerprint density at radius 3 is 2.45 bits per heavy atom. The molecule has 4 atom stereocenters. The van der Waals surface area contributed by atoms with Crippen molar-refractivity contribution in [1.29, 1.82) is 0 Å². The van der Waals surface area contributed by atoms with Gasteiger partial charge in [-0.1, -0.05) is 12.8 Å². The molecule has 3 rings (SSSR count). The number of nitrogens with two attached hydrogens (primary N) is 1. The fourth-order valence-corrected chi connectivity index (χ4v) is 5.04. The first-order chi connectivity index (χ1) is 9.59. The molecule has 4 unspecified atom stereocenters. The Balaban J connectivity index is 1.79. The zero-order valence-electron chi connectivity index (χ0n) is 11.5. The van der Waals surface area contributed by atoms with Gasteiger partial charge in [-0.15, -0.1) is 11.8 Å². The minimum Gasteiger partial charge on any atom is -0.480 e. The van der Waals surface area contributed by atoms with Crippen molar-refractivity contribution in [1.82, 2.24) is 4.90 Å². The Morgan fingerprint density at radius 1 is 1.15 bits per heavy atom. The van der Waals surface area contributed by atoms with Gasteiger partial charge in [0, 0.05) is 11.8 Å². The number of nitrogens with zero attached hydrogens (tertiary/aromatic N) is 1. The molecule has 5 nitrogen and oxygen atoms in total. The first-order valence-electron chi connectivity index (χ1n) is 7.51. The Hall–Kier alpha value is -0.750. The monoisotopic (exact) mass is 298 g/mol. The molecule has 1 amide bonds. The van der Waals surface area contributed by atoms with Gasteiger partial charge in [0.1, 0.15) is 6.04 Å². The molecule has 1 heterocycles. The van der Waals surface area contributed by atoms with E-state index < -0.39 is 12.0 Å². The molecule has 1 aliphatic heterocycles. The summed E-state index contributed by atoms with van der Waals surface area (Å²) in [6, 6.07) is -0.761. The fraction of sp³-hybridized carbons (Fsp3) is 0.857. The second-order valence-electron chi connectivity index (χ2n) is 6.22. The summed E-state index contributed by atoms with van der Waals surface area (Å²) in [5, 5.41) is 9.45. The zero-order valence-corrected chi connectivity index (χ0v) is 12.3. The zero-order chi connectivity index (χ0) is 14.3. The van der Waals surface area contributed by atoms with Crippen LogP contribution in [0.5, 0.6) is 0 Å². The van der Waals surface area contributed by atoms with E-state index in [1.165, 1.54) is 0 Å². The summed E-state index contributed by atoms with van der Waals surface area (Å²) in [5.41, 5.74) is 6.10. The molecular formula is C14H22N2O3S. The molecule has 0 aromatic heterocycles. The third-order valence-corrected chi connectivity index (χ3v) is 6.20. The van der Waals surface area contributed by atoms with Gasteiger partial charge in [0.05, 0.1) is 11.3 Å². The van der Waals surface area contributed by atoms with Crippen molar-refractivity contribution >= 4 is 23.6 Å². The maximum absolute atomic E-state index is 12.8. The van der Waals surface area contributed by atoms with E-state index in [1.807, 2.05) is 0 Å². The van der Waals surface area contributed by atoms with Crippen LogP contribution in [0.1, 0.15) is 38.5 Å². The van der Waals surface area contributed by atoms with Gasteiger partial charge in [0.2, 0.25) is 5.91 Å². The predicted molar refractivity (Wildman–Crippen MR) is 77.2 cm³/mol. The number of amides is 1. The fourth-order valence-electron chi connectivity index (χ4n) is 3.40. The van der Waals surface area contributed by atoms with Crippen LogP contribution in [0.4, 0.5) is 0 Å². The molecule has 2 aliphatic carbocycles. The van der Waals surface area contributed by atoms with Gasteiger partial charge in [0.15, 0.2) is 0 Å². The quantitative estimate of drug-likeness (QED) is 0.820. The molecule has 0 spiro atoms. The van der Waals surface area contributed by atoms with Crippen LogP contribution < -0.4 is 5.73 Å². The van der Waals surface area contributed by atoms with Crippen molar-refractivity contribution in [2.75, 3.05) is 5.75 Å². The summed E-state index contributed by atoms with van der Waals surface area (Å²) >= 11 is 1.63. The van der Waals surface area contributed by atoms with Crippen molar-refractivity contribution in [3.63, 3.8) is 0 Å². The predicted octanol–water partition coefficient (Wildman–Crippen LogP) is 1.27. The number of carboxylic acids is 1. The molecule has 112 valence electrons. The van der Waals surface area contributed by atoms with E-state index in [0.29, 0.717) is 11.7 Å². The number of thioether (sulfide) groups is 1. The first kappa shape index (κ1) is 14.2. The highest BCUT2D eigenvalue weighted by molar-refractivity contribution is 8.00. The van der Waals surface area contributed by atoms with Gasteiger partial charge in [-0.25, -0.2) is 4.79 Å². The molecule has 2 saturated carbocycles. The van der Waals surface area contributed by atoms with Crippen LogP contribution in [0, 0.1) is 11.8 Å². The van der Waals surface area contributed by atoms with Gasteiger partial charge in [0.25, 0.3) is 0 Å². The molecule has 3 aliphatic rings. The van der Waals surface area contributed by atoms with Gasteiger partial charge in [-0.05, 0) is 31.6 Å². The highest BCUT2D eigenvalue weighted by Gasteiger charge is 2.49. The molecular weight excluding hydrogens is 276 g/mol. The summed E-state index contributed by atoms with van der Waals surface area (Å²) in [6.07, 6.45) is 6.02. The summed E-state index contributed by atoms with van der Waals surface area (Å²) in [7, 11) is 0. The molecule has 0 bridgehead atoms. The second-order valence-corrected chi connectivity index (χ2v) is 7.37. The van der Waals surface area contributed by atoms with E-state index in [0.717, 1.165) is 38.5 Å². The molecule has 3 N–H and O–H groups in total. The van der Waals surface area contributed by atoms with Crippen molar-refractivity contribution in [3.8, 4) is 0 Å². The summed E-state index contributed by atoms with van der Waals surface area (Å²) < 4.78 is 0. The van der Waals surface area contributed by atoms with Crippen molar-refractivity contribution in [2.45, 2.75) is 56.0 Å². The molecule has 0 aromatic rings. The number of carboxylic acid groups (broad SMARTS) is 1. The lowest BCUT2D eigenvalue weighted by molar-refractivity contribution is -0.152. The highest BCUT2D eigenvalue weighted by atomic mass is 32.2. The largest absolute Gasteiger partial charge is 0.480 e. The van der Waals surface area contributed by atoms with Gasteiger partial charge < -0.3 is 15.7 Å². The van der Waals surface area contributed by atoms with E-state index in [1.54, 1.807) is 16.7 Å². The van der Waals surface area contributed by atoms with Crippen LogP contribution >= 0.6 is 11.8 Å². The van der Waals surface area contributed by atoms with E-state index in [2.05, 4.69) is 0 Å². The number of carbonyl (C=O) groups excluding carboxylic acids is 1. The van der Waals surface area contributed by atoms with Crippen LogP contribution in [-0.2, 0) is 9.59 Å². The molecule has 6 heteroatoms. The highest BCUT2D eigenvalue weighted by Crippen LogP contribution is 2.46. The summed E-state index contributed by atoms with van der Waals surface area (Å²) in [5.74, 6) is -0.0481. The molecule has 0 aromatic carbocycles. The molecule has 0 radical (unpaired) electrons. The van der Waals surface area contributed by atoms with E-state index in [9.17, 15) is 14.7 Å². The SMILES string of the molecule is NC1CCCCC1C(=O)N1C(C(=O)O)CSC1C1CC1. The number of carbonyl (C=O) groups is 2. The minimum atomic E-state index is -0.876. The van der Waals surface area contributed by atoms with Crippen LogP contribution in [-0.4, -0.2) is 45.1 Å². The maximum atomic E-state index is 12.8. The van der Waals surface area contributed by atoms with Gasteiger partial charge in [-0.3, -0.25) is 4.79 Å². The van der Waals surface area contributed by atoms with Gasteiger partial charge >= 0.3 is 5.97 Å². The lowest BCUT2D eigenvalue weighted by atomic mass is 9.84. The third-order valence-electron chi connectivity index (χ3n) is 4.74. The average Bonchev–Trinajstić information content (AvgIpc) is 3.17. The van der Waals surface area contributed by atoms with Crippen LogP contribution in [0.3, 0.4) is 0 Å². The number of hydrogen-bond acceptors (Lipinski definition) is 4. The normalized spacial score (nSPS) is 38.0. The topological polar surface area (TPSA) is 83.6 Å². The Morgan fingerprint density at radius 2 is 1.85 bits per heavy atom. The van der Waals surface area contributed by atoms with Crippen LogP contribution in [0.2, 0.25) is 0 Å². The second kappa shape index (κ2) is 5.56. The van der Waals surface area contributed by atoms with Crippen molar-refractivity contribution in [2.24, 2.45) is 17.6 Å². The van der Waals surface area contributed by atoms with Crippen LogP contribution in [0.15, 0.2) is 0 Å². The van der Waals surface area contributed by atoms with E-state index >= 15 is 0 Å². The molecule has 3 fully saturated rings. The summed E-state index contributed by atoms with van der Waals surface area (Å²) in [4.78, 5) is 25.9. The lowest BCUT2D eigenvalue weighted by Crippen LogP contribution is -2.52. The van der Waals surface area contributed by atoms with Gasteiger partial charge in [-0.2, -0.15) is 0 Å². The minimum absolute atomic E-state index is 0.00787.